The number of hydrogen-bond acceptors (Lipinski definition) is 3. The van der Waals surface area contributed by atoms with Crippen LogP contribution in [0.4, 0.5) is 4.79 Å². The van der Waals surface area contributed by atoms with Gasteiger partial charge in [0.1, 0.15) is 11.4 Å². The predicted octanol–water partition coefficient (Wildman–Crippen LogP) is 1.19. The fourth-order valence-corrected chi connectivity index (χ4v) is 1.84. The summed E-state index contributed by atoms with van der Waals surface area (Å²) in [6.07, 6.45) is 0.232. The van der Waals surface area contributed by atoms with E-state index in [4.69, 9.17) is 4.74 Å². The van der Waals surface area contributed by atoms with E-state index in [1.807, 2.05) is 20.8 Å². The van der Waals surface area contributed by atoms with E-state index < -0.39 is 5.60 Å². The summed E-state index contributed by atoms with van der Waals surface area (Å²) in [7, 11) is 0. The number of carbonyl (C=O) groups is 2. The van der Waals surface area contributed by atoms with Gasteiger partial charge in [0.15, 0.2) is 0 Å². The van der Waals surface area contributed by atoms with Gasteiger partial charge in [0.05, 0.1) is 12.0 Å². The lowest BCUT2D eigenvalue weighted by Crippen LogP contribution is -2.69. The Bertz CT molecular complexity index is 292. The number of hydrogen-bond donors (Lipinski definition) is 0. The van der Waals surface area contributed by atoms with Gasteiger partial charge in [-0.1, -0.05) is 0 Å². The molecule has 0 aromatic heterocycles. The first-order valence-electron chi connectivity index (χ1n) is 4.91. The van der Waals surface area contributed by atoms with E-state index in [2.05, 4.69) is 0 Å². The molecule has 2 fully saturated rings. The number of amides is 1. The maximum Gasteiger partial charge on any atom is 0.410 e. The molecule has 0 aromatic carbocycles. The SMILES string of the molecule is CC(C)(C)OC(=O)N1CC2C(=O)C[C@@H]21. The summed E-state index contributed by atoms with van der Waals surface area (Å²) in [5.74, 6) is 0.400. The highest BCUT2D eigenvalue weighted by atomic mass is 16.6. The van der Waals surface area contributed by atoms with Gasteiger partial charge in [-0.05, 0) is 20.8 Å². The number of ketones is 1. The Morgan fingerprint density at radius 1 is 1.50 bits per heavy atom. The highest BCUT2D eigenvalue weighted by Crippen LogP contribution is 2.39. The fraction of sp³-hybridized carbons (Fsp3) is 0.800. The average Bonchev–Trinajstić information content (AvgIpc) is 1.96. The van der Waals surface area contributed by atoms with E-state index >= 15 is 0 Å². The van der Waals surface area contributed by atoms with Crippen LogP contribution in [0.15, 0.2) is 0 Å². The number of fused-ring (bicyclic) bond motifs is 1. The summed E-state index contributed by atoms with van der Waals surface area (Å²) in [6, 6.07) is 0.136. The molecule has 1 saturated carbocycles. The van der Waals surface area contributed by atoms with Crippen LogP contribution in [0, 0.1) is 5.92 Å². The van der Waals surface area contributed by atoms with Gasteiger partial charge in [-0.25, -0.2) is 4.79 Å². The largest absolute Gasteiger partial charge is 0.444 e. The number of nitrogens with zero attached hydrogens (tertiary/aromatic N) is 1. The summed E-state index contributed by atoms with van der Waals surface area (Å²) in [5.41, 5.74) is -0.448. The molecule has 2 rings (SSSR count). The molecule has 1 saturated heterocycles. The molecule has 2 atom stereocenters. The lowest BCUT2D eigenvalue weighted by molar-refractivity contribution is -0.149. The van der Waals surface area contributed by atoms with Crippen molar-refractivity contribution in [2.45, 2.75) is 38.8 Å². The number of carbonyl (C=O) groups excluding carboxylic acids is 2. The zero-order valence-electron chi connectivity index (χ0n) is 8.74. The summed E-state index contributed by atoms with van der Waals surface area (Å²) < 4.78 is 5.21. The molecule has 1 aliphatic carbocycles. The first-order valence-corrected chi connectivity index (χ1v) is 4.91. The first kappa shape index (κ1) is 9.49. The minimum atomic E-state index is -0.448. The standard InChI is InChI=1S/C10H15NO3/c1-10(2,3)14-9(13)11-5-6-7(11)4-8(6)12/h6-7H,4-5H2,1-3H3/t6?,7-/m0/s1. The molecule has 1 unspecified atom stereocenters. The highest BCUT2D eigenvalue weighted by Gasteiger charge is 2.55. The fourth-order valence-electron chi connectivity index (χ4n) is 1.84. The first-order chi connectivity index (χ1) is 6.38. The van der Waals surface area contributed by atoms with Gasteiger partial charge in [-0.2, -0.15) is 0 Å². The highest BCUT2D eigenvalue weighted by molar-refractivity contribution is 5.93. The van der Waals surface area contributed by atoms with Gasteiger partial charge in [0, 0.05) is 13.0 Å². The van der Waals surface area contributed by atoms with Gasteiger partial charge in [-0.15, -0.1) is 0 Å². The average molecular weight is 197 g/mol. The summed E-state index contributed by atoms with van der Waals surface area (Å²) in [6.45, 7) is 6.08. The van der Waals surface area contributed by atoms with Crippen molar-refractivity contribution in [3.63, 3.8) is 0 Å². The Hall–Kier alpha value is -1.06. The zero-order valence-corrected chi connectivity index (χ0v) is 8.74. The van der Waals surface area contributed by atoms with Crippen molar-refractivity contribution in [2.75, 3.05) is 6.54 Å². The van der Waals surface area contributed by atoms with Crippen LogP contribution in [0.5, 0.6) is 0 Å². The summed E-state index contributed by atoms with van der Waals surface area (Å²) in [4.78, 5) is 24.1. The summed E-state index contributed by atoms with van der Waals surface area (Å²) in [5, 5.41) is 0. The van der Waals surface area contributed by atoms with Crippen LogP contribution in [0.2, 0.25) is 0 Å². The molecule has 14 heavy (non-hydrogen) atoms. The van der Waals surface area contributed by atoms with Crippen LogP contribution in [0.1, 0.15) is 27.2 Å². The molecule has 0 N–H and O–H groups in total. The smallest absolute Gasteiger partial charge is 0.410 e. The van der Waals surface area contributed by atoms with E-state index in [1.165, 1.54) is 0 Å². The molecular weight excluding hydrogens is 182 g/mol. The van der Waals surface area contributed by atoms with Crippen molar-refractivity contribution in [1.82, 2.24) is 4.90 Å². The molecule has 78 valence electrons. The number of Topliss-reactive ketones (excluding diaryl/α,β-unsaturated/α-hetero) is 1. The van der Waals surface area contributed by atoms with Gasteiger partial charge in [0.2, 0.25) is 0 Å². The van der Waals surface area contributed by atoms with Crippen molar-refractivity contribution < 1.29 is 14.3 Å². The van der Waals surface area contributed by atoms with Gasteiger partial charge in [-0.3, -0.25) is 4.79 Å². The Labute approximate surface area is 83.2 Å². The lowest BCUT2D eigenvalue weighted by atomic mass is 9.70. The van der Waals surface area contributed by atoms with E-state index in [0.717, 1.165) is 0 Å². The Morgan fingerprint density at radius 2 is 2.14 bits per heavy atom. The minimum absolute atomic E-state index is 0.113. The molecule has 0 radical (unpaired) electrons. The van der Waals surface area contributed by atoms with E-state index in [9.17, 15) is 9.59 Å². The molecule has 1 amide bonds. The maximum atomic E-state index is 11.5. The Kier molecular flexibility index (Phi) is 1.84. The maximum absolute atomic E-state index is 11.5. The number of likely N-dealkylation sites (tertiary alicyclic amines) is 1. The Morgan fingerprint density at radius 3 is 2.50 bits per heavy atom. The number of rotatable bonds is 0. The van der Waals surface area contributed by atoms with Gasteiger partial charge < -0.3 is 9.64 Å². The Balaban J connectivity index is 1.87. The second-order valence-corrected chi connectivity index (χ2v) is 4.98. The molecule has 0 spiro atoms. The van der Waals surface area contributed by atoms with Crippen LogP contribution >= 0.6 is 0 Å². The van der Waals surface area contributed by atoms with Crippen LogP contribution in [-0.2, 0) is 9.53 Å². The molecule has 1 heterocycles. The van der Waals surface area contributed by atoms with Crippen LogP contribution in [0.3, 0.4) is 0 Å². The van der Waals surface area contributed by atoms with Crippen molar-refractivity contribution >= 4 is 11.9 Å². The predicted molar refractivity (Wildman–Crippen MR) is 49.8 cm³/mol. The minimum Gasteiger partial charge on any atom is -0.444 e. The topological polar surface area (TPSA) is 46.6 Å². The monoisotopic (exact) mass is 197 g/mol. The van der Waals surface area contributed by atoms with Crippen LogP contribution < -0.4 is 0 Å². The molecule has 2 aliphatic rings. The third-order valence-electron chi connectivity index (χ3n) is 2.71. The molecule has 0 aromatic rings. The molecule has 4 heteroatoms. The third kappa shape index (κ3) is 1.38. The molecule has 4 nitrogen and oxygen atoms in total. The van der Waals surface area contributed by atoms with Crippen molar-refractivity contribution in [3.05, 3.63) is 0 Å². The van der Waals surface area contributed by atoms with E-state index in [-0.39, 0.29) is 23.8 Å². The molecule has 1 aliphatic heterocycles. The zero-order chi connectivity index (χ0) is 10.5. The second kappa shape index (κ2) is 2.72. The quantitative estimate of drug-likeness (QED) is 0.586. The van der Waals surface area contributed by atoms with E-state index in [1.54, 1.807) is 4.90 Å². The third-order valence-corrected chi connectivity index (χ3v) is 2.71. The van der Waals surface area contributed by atoms with Crippen molar-refractivity contribution in [1.29, 1.82) is 0 Å². The van der Waals surface area contributed by atoms with E-state index in [0.29, 0.717) is 13.0 Å². The normalized spacial score (nSPS) is 30.2. The second-order valence-electron chi connectivity index (χ2n) is 4.98. The molecule has 0 bridgehead atoms. The lowest BCUT2D eigenvalue weighted by Gasteiger charge is -2.53. The number of ether oxygens (including phenoxy) is 1. The van der Waals surface area contributed by atoms with Crippen LogP contribution in [0.25, 0.3) is 0 Å². The van der Waals surface area contributed by atoms with Crippen LogP contribution in [-0.4, -0.2) is 35.0 Å². The van der Waals surface area contributed by atoms with Gasteiger partial charge in [0.25, 0.3) is 0 Å². The summed E-state index contributed by atoms with van der Waals surface area (Å²) >= 11 is 0. The van der Waals surface area contributed by atoms with Gasteiger partial charge >= 0.3 is 6.09 Å². The van der Waals surface area contributed by atoms with Crippen molar-refractivity contribution in [3.8, 4) is 0 Å². The molecular formula is C10H15NO3. The van der Waals surface area contributed by atoms with Crippen molar-refractivity contribution in [2.24, 2.45) is 5.92 Å². The number of piperidine rings is 1.